The molecule has 1 heterocycles. The summed E-state index contributed by atoms with van der Waals surface area (Å²) >= 11 is 5.77. The molecule has 0 saturated carbocycles. The molecule has 6 nitrogen and oxygen atoms in total. The standard InChI is InChI=1S/C14H18ClFN4O2/c1-8(7-20(13(21)22)14(2,3)4)18-12-10(16)5-9(6-17)11(15)19-12/h5,8H,7H2,1-4H3,(H,18,19)(H,21,22)/t8-/m1/s1. The molecule has 120 valence electrons. The number of aromatic nitrogens is 1. The van der Waals surface area contributed by atoms with Gasteiger partial charge in [-0.05, 0) is 33.8 Å². The predicted octanol–water partition coefficient (Wildman–Crippen LogP) is 3.32. The van der Waals surface area contributed by atoms with E-state index in [9.17, 15) is 14.3 Å². The smallest absolute Gasteiger partial charge is 0.407 e. The van der Waals surface area contributed by atoms with Gasteiger partial charge in [-0.15, -0.1) is 0 Å². The number of nitrogens with one attached hydrogen (secondary N) is 1. The van der Waals surface area contributed by atoms with Crippen LogP contribution in [0.15, 0.2) is 6.07 Å². The third-order valence-electron chi connectivity index (χ3n) is 2.93. The number of nitrogens with zero attached hydrogens (tertiary/aromatic N) is 3. The predicted molar refractivity (Wildman–Crippen MR) is 81.5 cm³/mol. The topological polar surface area (TPSA) is 89.2 Å². The number of carboxylic acid groups (broad SMARTS) is 1. The van der Waals surface area contributed by atoms with Crippen molar-refractivity contribution in [1.29, 1.82) is 5.26 Å². The molecule has 0 fully saturated rings. The maximum atomic E-state index is 13.8. The zero-order valence-corrected chi connectivity index (χ0v) is 13.6. The third-order valence-corrected chi connectivity index (χ3v) is 3.22. The van der Waals surface area contributed by atoms with Gasteiger partial charge in [0.15, 0.2) is 11.6 Å². The van der Waals surface area contributed by atoms with Crippen LogP contribution in [-0.4, -0.2) is 39.2 Å². The van der Waals surface area contributed by atoms with Crippen LogP contribution >= 0.6 is 11.6 Å². The highest BCUT2D eigenvalue weighted by Crippen LogP contribution is 2.21. The van der Waals surface area contributed by atoms with Crippen LogP contribution in [0.3, 0.4) is 0 Å². The van der Waals surface area contributed by atoms with Crippen LogP contribution in [0.1, 0.15) is 33.3 Å². The van der Waals surface area contributed by atoms with E-state index in [0.717, 1.165) is 6.07 Å². The van der Waals surface area contributed by atoms with Gasteiger partial charge in [0.05, 0.1) is 5.56 Å². The second-order valence-corrected chi connectivity index (χ2v) is 6.24. The summed E-state index contributed by atoms with van der Waals surface area (Å²) in [5, 5.41) is 20.7. The van der Waals surface area contributed by atoms with E-state index in [0.29, 0.717) is 0 Å². The first-order valence-electron chi connectivity index (χ1n) is 6.59. The van der Waals surface area contributed by atoms with E-state index in [-0.39, 0.29) is 23.1 Å². The van der Waals surface area contributed by atoms with E-state index in [1.807, 2.05) is 0 Å². The Balaban J connectivity index is 2.90. The molecule has 0 unspecified atom stereocenters. The summed E-state index contributed by atoms with van der Waals surface area (Å²) in [5.74, 6) is -0.832. The van der Waals surface area contributed by atoms with Crippen molar-refractivity contribution in [2.45, 2.75) is 39.3 Å². The van der Waals surface area contributed by atoms with Crippen LogP contribution in [0.2, 0.25) is 5.15 Å². The van der Waals surface area contributed by atoms with Gasteiger partial charge in [-0.3, -0.25) is 0 Å². The summed E-state index contributed by atoms with van der Waals surface area (Å²) in [7, 11) is 0. The number of nitriles is 1. The molecule has 1 aromatic heterocycles. The number of rotatable bonds is 4. The van der Waals surface area contributed by atoms with E-state index in [1.54, 1.807) is 33.8 Å². The van der Waals surface area contributed by atoms with E-state index in [2.05, 4.69) is 10.3 Å². The fourth-order valence-corrected chi connectivity index (χ4v) is 2.02. The number of anilines is 1. The highest BCUT2D eigenvalue weighted by atomic mass is 35.5. The first kappa shape index (κ1) is 18.0. The number of hydrogen-bond donors (Lipinski definition) is 2. The monoisotopic (exact) mass is 328 g/mol. The van der Waals surface area contributed by atoms with Crippen molar-refractivity contribution in [2.24, 2.45) is 0 Å². The minimum atomic E-state index is -1.06. The van der Waals surface area contributed by atoms with Gasteiger partial charge < -0.3 is 15.3 Å². The number of amides is 1. The Morgan fingerprint density at radius 2 is 2.23 bits per heavy atom. The molecule has 0 radical (unpaired) electrons. The summed E-state index contributed by atoms with van der Waals surface area (Å²) < 4.78 is 13.8. The van der Waals surface area contributed by atoms with Crippen molar-refractivity contribution in [2.75, 3.05) is 11.9 Å². The highest BCUT2D eigenvalue weighted by molar-refractivity contribution is 6.30. The Morgan fingerprint density at radius 1 is 1.64 bits per heavy atom. The summed E-state index contributed by atoms with van der Waals surface area (Å²) in [6, 6.07) is 2.32. The average Bonchev–Trinajstić information content (AvgIpc) is 2.38. The van der Waals surface area contributed by atoms with E-state index in [4.69, 9.17) is 16.9 Å². The summed E-state index contributed by atoms with van der Waals surface area (Å²) in [6.45, 7) is 7.15. The molecule has 1 amide bonds. The largest absolute Gasteiger partial charge is 0.465 e. The lowest BCUT2D eigenvalue weighted by molar-refractivity contribution is 0.0983. The zero-order valence-electron chi connectivity index (χ0n) is 12.8. The minimum Gasteiger partial charge on any atom is -0.465 e. The number of pyridine rings is 1. The Labute approximate surface area is 133 Å². The van der Waals surface area contributed by atoms with Crippen LogP contribution in [0, 0.1) is 17.1 Å². The summed E-state index contributed by atoms with van der Waals surface area (Å²) in [5.41, 5.74) is -0.644. The van der Waals surface area contributed by atoms with Gasteiger partial charge in [-0.25, -0.2) is 14.2 Å². The average molecular weight is 329 g/mol. The van der Waals surface area contributed by atoms with Crippen LogP contribution in [0.4, 0.5) is 15.0 Å². The van der Waals surface area contributed by atoms with Crippen LogP contribution < -0.4 is 5.32 Å². The van der Waals surface area contributed by atoms with E-state index in [1.165, 1.54) is 4.90 Å². The fourth-order valence-electron chi connectivity index (χ4n) is 1.84. The number of hydrogen-bond acceptors (Lipinski definition) is 4. The lowest BCUT2D eigenvalue weighted by atomic mass is 10.1. The van der Waals surface area contributed by atoms with Crippen LogP contribution in [0.25, 0.3) is 0 Å². The lowest BCUT2D eigenvalue weighted by Gasteiger charge is -2.35. The third kappa shape index (κ3) is 4.46. The van der Waals surface area contributed by atoms with Gasteiger partial charge in [0.2, 0.25) is 0 Å². The van der Waals surface area contributed by atoms with Gasteiger partial charge >= 0.3 is 6.09 Å². The fraction of sp³-hybridized carbons (Fsp3) is 0.500. The quantitative estimate of drug-likeness (QED) is 0.827. The Bertz CT molecular complexity index is 610. The van der Waals surface area contributed by atoms with Crippen molar-refractivity contribution in [3.63, 3.8) is 0 Å². The Morgan fingerprint density at radius 3 is 2.68 bits per heavy atom. The molecular weight excluding hydrogens is 311 g/mol. The first-order chi connectivity index (χ1) is 10.1. The van der Waals surface area contributed by atoms with Gasteiger partial charge in [0.25, 0.3) is 0 Å². The first-order valence-corrected chi connectivity index (χ1v) is 6.97. The molecule has 0 aliphatic carbocycles. The van der Waals surface area contributed by atoms with E-state index >= 15 is 0 Å². The molecule has 0 spiro atoms. The maximum absolute atomic E-state index is 13.8. The molecule has 22 heavy (non-hydrogen) atoms. The molecular formula is C14H18ClFN4O2. The maximum Gasteiger partial charge on any atom is 0.407 e. The molecule has 0 aliphatic rings. The van der Waals surface area contributed by atoms with Crippen LogP contribution in [0.5, 0.6) is 0 Å². The van der Waals surface area contributed by atoms with Gasteiger partial charge in [0.1, 0.15) is 11.2 Å². The minimum absolute atomic E-state index is 0.0563. The molecule has 1 atom stereocenters. The molecule has 2 N–H and O–H groups in total. The Kier molecular flexibility index (Phi) is 5.55. The second-order valence-electron chi connectivity index (χ2n) is 5.88. The van der Waals surface area contributed by atoms with E-state index < -0.39 is 23.5 Å². The normalized spacial score (nSPS) is 12.4. The SMILES string of the molecule is C[C@H](CN(C(=O)O)C(C)(C)C)Nc1nc(Cl)c(C#N)cc1F. The van der Waals surface area contributed by atoms with Gasteiger partial charge in [-0.1, -0.05) is 11.6 Å². The van der Waals surface area contributed by atoms with Gasteiger partial charge in [0, 0.05) is 18.1 Å². The molecule has 0 saturated heterocycles. The second kappa shape index (κ2) is 6.79. The molecule has 1 rings (SSSR count). The number of carbonyl (C=O) groups is 1. The van der Waals surface area contributed by atoms with Crippen molar-refractivity contribution in [1.82, 2.24) is 9.88 Å². The molecule has 0 aromatic carbocycles. The number of halogens is 2. The highest BCUT2D eigenvalue weighted by Gasteiger charge is 2.27. The summed E-state index contributed by atoms with van der Waals surface area (Å²) in [4.78, 5) is 16.3. The van der Waals surface area contributed by atoms with Crippen LogP contribution in [-0.2, 0) is 0 Å². The Hall–Kier alpha value is -2.07. The lowest BCUT2D eigenvalue weighted by Crippen LogP contribution is -2.49. The van der Waals surface area contributed by atoms with Crippen molar-refractivity contribution in [3.8, 4) is 6.07 Å². The molecule has 0 bridgehead atoms. The van der Waals surface area contributed by atoms with Gasteiger partial charge in [-0.2, -0.15) is 5.26 Å². The van der Waals surface area contributed by atoms with Crippen molar-refractivity contribution < 1.29 is 14.3 Å². The molecule has 1 aromatic rings. The zero-order chi connectivity index (χ0) is 17.1. The van der Waals surface area contributed by atoms with Crippen molar-refractivity contribution >= 4 is 23.5 Å². The summed E-state index contributed by atoms with van der Waals surface area (Å²) in [6.07, 6.45) is -1.06. The molecule has 0 aliphatic heterocycles. The molecule has 8 heteroatoms. The van der Waals surface area contributed by atoms with Crippen molar-refractivity contribution in [3.05, 3.63) is 22.6 Å².